The number of hydrogen-bond acceptors (Lipinski definition) is 2. The molecule has 0 aliphatic heterocycles. The first-order chi connectivity index (χ1) is 9.04. The molecule has 3 rings (SSSR count). The Kier molecular flexibility index (Phi) is 3.68. The van der Waals surface area contributed by atoms with Gasteiger partial charge in [-0.3, -0.25) is 0 Å². The Morgan fingerprint density at radius 2 is 0.842 bits per heavy atom. The van der Waals surface area contributed by atoms with E-state index in [0.717, 1.165) is 38.5 Å². The maximum Gasteiger partial charge on any atom is 0.0653 e. The van der Waals surface area contributed by atoms with Gasteiger partial charge in [-0.2, -0.15) is 0 Å². The first kappa shape index (κ1) is 13.9. The fourth-order valence-electron chi connectivity index (χ4n) is 5.36. The number of aliphatic hydroxyl groups is 2. The van der Waals surface area contributed by atoms with E-state index < -0.39 is 11.2 Å². The molecule has 3 saturated carbocycles. The summed E-state index contributed by atoms with van der Waals surface area (Å²) >= 11 is 0. The largest absolute Gasteiger partial charge is 0.390 e. The van der Waals surface area contributed by atoms with Crippen LogP contribution in [0.4, 0.5) is 0 Å². The van der Waals surface area contributed by atoms with Crippen LogP contribution in [0.3, 0.4) is 0 Å². The number of hydrogen-bond donors (Lipinski definition) is 2. The molecule has 0 aromatic rings. The molecule has 110 valence electrons. The van der Waals surface area contributed by atoms with Crippen LogP contribution in [0.5, 0.6) is 0 Å². The molecule has 2 nitrogen and oxygen atoms in total. The van der Waals surface area contributed by atoms with Gasteiger partial charge in [0.25, 0.3) is 0 Å². The van der Waals surface area contributed by atoms with Crippen LogP contribution in [-0.2, 0) is 0 Å². The minimum atomic E-state index is -0.403. The smallest absolute Gasteiger partial charge is 0.0653 e. The Morgan fingerprint density at radius 1 is 0.526 bits per heavy atom. The summed E-state index contributed by atoms with van der Waals surface area (Å²) in [6.07, 6.45) is 15.7. The van der Waals surface area contributed by atoms with Crippen LogP contribution in [0.1, 0.15) is 89.9 Å². The van der Waals surface area contributed by atoms with Gasteiger partial charge in [-0.25, -0.2) is 0 Å². The van der Waals surface area contributed by atoms with Gasteiger partial charge in [0, 0.05) is 0 Å². The van der Waals surface area contributed by atoms with E-state index in [1.165, 1.54) is 51.4 Å². The third-order valence-electron chi connectivity index (χ3n) is 6.14. The van der Waals surface area contributed by atoms with E-state index in [4.69, 9.17) is 0 Å². The van der Waals surface area contributed by atoms with Gasteiger partial charge in [0.2, 0.25) is 0 Å². The summed E-state index contributed by atoms with van der Waals surface area (Å²) in [6.45, 7) is 0. The zero-order chi connectivity index (χ0) is 13.4. The van der Waals surface area contributed by atoms with Crippen molar-refractivity contribution in [1.29, 1.82) is 0 Å². The van der Waals surface area contributed by atoms with Gasteiger partial charge >= 0.3 is 0 Å². The second-order valence-corrected chi connectivity index (χ2v) is 7.92. The van der Waals surface area contributed by atoms with Crippen LogP contribution in [0.25, 0.3) is 0 Å². The Bertz CT molecular complexity index is 279. The van der Waals surface area contributed by atoms with Gasteiger partial charge in [0.05, 0.1) is 11.2 Å². The van der Waals surface area contributed by atoms with Crippen molar-refractivity contribution in [3.63, 3.8) is 0 Å². The molecule has 0 saturated heterocycles. The molecule has 2 heteroatoms. The molecule has 0 spiro atoms. The van der Waals surface area contributed by atoms with Gasteiger partial charge in [0.1, 0.15) is 0 Å². The molecule has 0 unspecified atom stereocenters. The van der Waals surface area contributed by atoms with E-state index in [9.17, 15) is 10.2 Å². The Labute approximate surface area is 117 Å². The van der Waals surface area contributed by atoms with Crippen molar-refractivity contribution in [2.45, 2.75) is 101 Å². The third kappa shape index (κ3) is 3.00. The van der Waals surface area contributed by atoms with Gasteiger partial charge < -0.3 is 10.2 Å². The summed E-state index contributed by atoms with van der Waals surface area (Å²) in [5, 5.41) is 21.6. The van der Waals surface area contributed by atoms with E-state index in [-0.39, 0.29) is 5.41 Å². The fourth-order valence-corrected chi connectivity index (χ4v) is 5.36. The van der Waals surface area contributed by atoms with Gasteiger partial charge in [0.15, 0.2) is 0 Å². The van der Waals surface area contributed by atoms with Crippen LogP contribution in [-0.4, -0.2) is 21.4 Å². The molecule has 19 heavy (non-hydrogen) atoms. The Balaban J connectivity index is 1.71. The molecule has 0 radical (unpaired) electrons. The highest BCUT2D eigenvalue weighted by molar-refractivity contribution is 5.00. The first-order valence-corrected chi connectivity index (χ1v) is 8.48. The lowest BCUT2D eigenvalue weighted by molar-refractivity contribution is -0.0506. The zero-order valence-electron chi connectivity index (χ0n) is 12.3. The van der Waals surface area contributed by atoms with Crippen molar-refractivity contribution in [1.82, 2.24) is 0 Å². The standard InChI is InChI=1S/C17H30O2/c18-16(9-3-4-10-16)13-15(7-1-2-8-15)14-17(19)11-5-6-12-17/h18-19H,1-14H2. The predicted octanol–water partition coefficient (Wildman–Crippen LogP) is 3.94. The van der Waals surface area contributed by atoms with Crippen molar-refractivity contribution >= 4 is 0 Å². The van der Waals surface area contributed by atoms with Crippen molar-refractivity contribution < 1.29 is 10.2 Å². The lowest BCUT2D eigenvalue weighted by atomic mass is 9.68. The molecule has 3 aliphatic carbocycles. The summed E-state index contributed by atoms with van der Waals surface area (Å²) < 4.78 is 0. The van der Waals surface area contributed by atoms with Crippen LogP contribution in [0.2, 0.25) is 0 Å². The predicted molar refractivity (Wildman–Crippen MR) is 77.0 cm³/mol. The minimum Gasteiger partial charge on any atom is -0.390 e. The SMILES string of the molecule is OC1(CC2(CC3(O)CCCC3)CCCC2)CCCC1. The maximum atomic E-state index is 10.8. The molecule has 0 heterocycles. The first-order valence-electron chi connectivity index (χ1n) is 8.48. The van der Waals surface area contributed by atoms with E-state index in [2.05, 4.69) is 0 Å². The van der Waals surface area contributed by atoms with Crippen LogP contribution in [0, 0.1) is 5.41 Å². The normalized spacial score (nSPS) is 31.9. The molecule has 0 atom stereocenters. The van der Waals surface area contributed by atoms with Gasteiger partial charge in [-0.1, -0.05) is 38.5 Å². The van der Waals surface area contributed by atoms with Crippen molar-refractivity contribution in [3.8, 4) is 0 Å². The van der Waals surface area contributed by atoms with Crippen molar-refractivity contribution in [3.05, 3.63) is 0 Å². The van der Waals surface area contributed by atoms with Crippen LogP contribution in [0.15, 0.2) is 0 Å². The molecule has 0 aromatic heterocycles. The van der Waals surface area contributed by atoms with Gasteiger partial charge in [-0.15, -0.1) is 0 Å². The fraction of sp³-hybridized carbons (Fsp3) is 1.00. The van der Waals surface area contributed by atoms with E-state index in [1.54, 1.807) is 0 Å². The lowest BCUT2D eigenvalue weighted by Gasteiger charge is -2.41. The topological polar surface area (TPSA) is 40.5 Å². The summed E-state index contributed by atoms with van der Waals surface area (Å²) in [7, 11) is 0. The summed E-state index contributed by atoms with van der Waals surface area (Å²) in [5.41, 5.74) is -0.559. The highest BCUT2D eigenvalue weighted by atomic mass is 16.3. The molecule has 3 aliphatic rings. The molecule has 3 fully saturated rings. The van der Waals surface area contributed by atoms with E-state index in [1.807, 2.05) is 0 Å². The second-order valence-electron chi connectivity index (χ2n) is 7.92. The Hall–Kier alpha value is -0.0800. The third-order valence-corrected chi connectivity index (χ3v) is 6.14. The highest BCUT2D eigenvalue weighted by Gasteiger charge is 2.47. The Morgan fingerprint density at radius 3 is 1.21 bits per heavy atom. The highest BCUT2D eigenvalue weighted by Crippen LogP contribution is 2.54. The van der Waals surface area contributed by atoms with Crippen molar-refractivity contribution in [2.24, 2.45) is 5.41 Å². The molecule has 0 aromatic carbocycles. The maximum absolute atomic E-state index is 10.8. The van der Waals surface area contributed by atoms with E-state index in [0.29, 0.717) is 0 Å². The summed E-state index contributed by atoms with van der Waals surface area (Å²) in [4.78, 5) is 0. The molecule has 0 bridgehead atoms. The van der Waals surface area contributed by atoms with Crippen molar-refractivity contribution in [2.75, 3.05) is 0 Å². The summed E-state index contributed by atoms with van der Waals surface area (Å²) in [5.74, 6) is 0. The average Bonchev–Trinajstić information content (AvgIpc) is 3.03. The molecule has 0 amide bonds. The second kappa shape index (κ2) is 5.04. The van der Waals surface area contributed by atoms with Gasteiger partial charge in [-0.05, 0) is 56.8 Å². The average molecular weight is 266 g/mol. The van der Waals surface area contributed by atoms with E-state index >= 15 is 0 Å². The quantitative estimate of drug-likeness (QED) is 0.809. The lowest BCUT2D eigenvalue weighted by Crippen LogP contribution is -2.39. The minimum absolute atomic E-state index is 0.248. The summed E-state index contributed by atoms with van der Waals surface area (Å²) in [6, 6.07) is 0. The zero-order valence-corrected chi connectivity index (χ0v) is 12.3. The molecule has 2 N–H and O–H groups in total. The number of rotatable bonds is 4. The molecular weight excluding hydrogens is 236 g/mol. The van der Waals surface area contributed by atoms with Crippen LogP contribution < -0.4 is 0 Å². The van der Waals surface area contributed by atoms with Crippen LogP contribution >= 0.6 is 0 Å². The monoisotopic (exact) mass is 266 g/mol. The molecular formula is C17H30O2.